The van der Waals surface area contributed by atoms with Crippen LogP contribution in [0.5, 0.6) is 0 Å². The van der Waals surface area contributed by atoms with Crippen molar-refractivity contribution >= 4 is 0 Å². The second-order valence-corrected chi connectivity index (χ2v) is 5.62. The Labute approximate surface area is 94.4 Å². The monoisotopic (exact) mass is 213 g/mol. The van der Waals surface area contributed by atoms with E-state index in [1.54, 1.807) is 0 Å². The Morgan fingerprint density at radius 3 is 2.47 bits per heavy atom. The van der Waals surface area contributed by atoms with E-state index < -0.39 is 0 Å². The Morgan fingerprint density at radius 2 is 1.93 bits per heavy atom. The van der Waals surface area contributed by atoms with E-state index >= 15 is 0 Å². The zero-order chi connectivity index (χ0) is 11.3. The number of rotatable bonds is 5. The summed E-state index contributed by atoms with van der Waals surface area (Å²) in [5, 5.41) is 3.63. The number of hydrogen-bond acceptors (Lipinski definition) is 3. The minimum absolute atomic E-state index is 0.00549. The van der Waals surface area contributed by atoms with Gasteiger partial charge in [-0.1, -0.05) is 0 Å². The molecule has 0 amide bonds. The third-order valence-electron chi connectivity index (χ3n) is 3.15. The van der Waals surface area contributed by atoms with Crippen LogP contribution in [0.4, 0.5) is 0 Å². The van der Waals surface area contributed by atoms with E-state index in [-0.39, 0.29) is 5.54 Å². The first-order valence-electron chi connectivity index (χ1n) is 6.18. The summed E-state index contributed by atoms with van der Waals surface area (Å²) in [5.74, 6) is 0. The summed E-state index contributed by atoms with van der Waals surface area (Å²) >= 11 is 0. The Balaban J connectivity index is 2.01. The molecule has 0 unspecified atom stereocenters. The lowest BCUT2D eigenvalue weighted by Gasteiger charge is -2.30. The summed E-state index contributed by atoms with van der Waals surface area (Å²) in [4.78, 5) is 2.40. The number of likely N-dealkylation sites (tertiary alicyclic amines) is 1. The molecule has 3 N–H and O–H groups in total. The van der Waals surface area contributed by atoms with Crippen LogP contribution in [0.15, 0.2) is 0 Å². The summed E-state index contributed by atoms with van der Waals surface area (Å²) < 4.78 is 0. The van der Waals surface area contributed by atoms with Crippen molar-refractivity contribution in [3.63, 3.8) is 0 Å². The maximum Gasteiger partial charge on any atom is 0.00975 e. The van der Waals surface area contributed by atoms with Crippen molar-refractivity contribution in [1.82, 2.24) is 10.2 Å². The smallest absolute Gasteiger partial charge is 0.00975 e. The molecular weight excluding hydrogens is 186 g/mol. The van der Waals surface area contributed by atoms with Crippen LogP contribution < -0.4 is 11.1 Å². The summed E-state index contributed by atoms with van der Waals surface area (Å²) in [5.41, 5.74) is 5.93. The third kappa shape index (κ3) is 6.13. The minimum Gasteiger partial charge on any atom is -0.326 e. The van der Waals surface area contributed by atoms with Crippen LogP contribution in [0.25, 0.3) is 0 Å². The summed E-state index contributed by atoms with van der Waals surface area (Å²) in [6.45, 7) is 7.79. The van der Waals surface area contributed by atoms with Gasteiger partial charge in [0.1, 0.15) is 0 Å². The van der Waals surface area contributed by atoms with E-state index in [9.17, 15) is 0 Å². The van der Waals surface area contributed by atoms with E-state index in [4.69, 9.17) is 5.73 Å². The van der Waals surface area contributed by atoms with Gasteiger partial charge in [-0.05, 0) is 66.2 Å². The van der Waals surface area contributed by atoms with Gasteiger partial charge in [0.05, 0.1) is 0 Å². The van der Waals surface area contributed by atoms with E-state index in [1.165, 1.54) is 32.4 Å². The minimum atomic E-state index is -0.00549. The maximum absolute atomic E-state index is 5.94. The number of piperidine rings is 1. The highest BCUT2D eigenvalue weighted by Gasteiger charge is 2.16. The molecule has 0 saturated carbocycles. The lowest BCUT2D eigenvalue weighted by molar-refractivity contribution is 0.233. The van der Waals surface area contributed by atoms with Gasteiger partial charge in [-0.25, -0.2) is 0 Å². The van der Waals surface area contributed by atoms with Crippen molar-refractivity contribution in [2.75, 3.05) is 26.7 Å². The molecule has 90 valence electrons. The molecule has 15 heavy (non-hydrogen) atoms. The highest BCUT2D eigenvalue weighted by molar-refractivity contribution is 4.76. The molecule has 1 aliphatic heterocycles. The van der Waals surface area contributed by atoms with Gasteiger partial charge >= 0.3 is 0 Å². The summed E-state index contributed by atoms with van der Waals surface area (Å²) in [7, 11) is 2.20. The molecule has 0 aromatic rings. The van der Waals surface area contributed by atoms with Crippen LogP contribution in [0, 0.1) is 0 Å². The molecule has 1 rings (SSSR count). The molecule has 0 aromatic heterocycles. The molecular formula is C12H27N3. The fourth-order valence-corrected chi connectivity index (χ4v) is 2.06. The largest absolute Gasteiger partial charge is 0.326 e. The van der Waals surface area contributed by atoms with Gasteiger partial charge in [0, 0.05) is 11.6 Å². The van der Waals surface area contributed by atoms with E-state index in [0.29, 0.717) is 0 Å². The van der Waals surface area contributed by atoms with Gasteiger partial charge in [0.25, 0.3) is 0 Å². The first kappa shape index (κ1) is 12.9. The quantitative estimate of drug-likeness (QED) is 0.674. The van der Waals surface area contributed by atoms with Gasteiger partial charge in [-0.2, -0.15) is 0 Å². The lowest BCUT2D eigenvalue weighted by Crippen LogP contribution is -2.41. The number of nitrogens with one attached hydrogen (secondary N) is 1. The Kier molecular flexibility index (Phi) is 5.03. The van der Waals surface area contributed by atoms with Gasteiger partial charge < -0.3 is 16.0 Å². The van der Waals surface area contributed by atoms with Gasteiger partial charge in [0.2, 0.25) is 0 Å². The SMILES string of the molecule is CN1CCC(NCCCC(C)(C)N)CC1. The standard InChI is InChI=1S/C12H27N3/c1-12(2,13)7-4-8-14-11-5-9-15(3)10-6-11/h11,14H,4-10,13H2,1-3H3. The predicted molar refractivity (Wildman–Crippen MR) is 66.0 cm³/mol. The molecule has 0 atom stereocenters. The lowest BCUT2D eigenvalue weighted by atomic mass is 9.99. The van der Waals surface area contributed by atoms with Gasteiger partial charge in [0.15, 0.2) is 0 Å². The van der Waals surface area contributed by atoms with E-state index in [0.717, 1.165) is 19.0 Å². The summed E-state index contributed by atoms with van der Waals surface area (Å²) in [6, 6.07) is 0.738. The van der Waals surface area contributed by atoms with Crippen LogP contribution in [-0.4, -0.2) is 43.2 Å². The van der Waals surface area contributed by atoms with Crippen molar-refractivity contribution in [3.05, 3.63) is 0 Å². The fourth-order valence-electron chi connectivity index (χ4n) is 2.06. The first-order chi connectivity index (χ1) is 6.97. The molecule has 0 spiro atoms. The summed E-state index contributed by atoms with van der Waals surface area (Å²) in [6.07, 6.45) is 4.88. The highest BCUT2D eigenvalue weighted by atomic mass is 15.1. The van der Waals surface area contributed by atoms with Crippen LogP contribution in [-0.2, 0) is 0 Å². The van der Waals surface area contributed by atoms with Crippen molar-refractivity contribution in [2.24, 2.45) is 5.73 Å². The van der Waals surface area contributed by atoms with Gasteiger partial charge in [-0.3, -0.25) is 0 Å². The van der Waals surface area contributed by atoms with Crippen molar-refractivity contribution < 1.29 is 0 Å². The van der Waals surface area contributed by atoms with Crippen LogP contribution in [0.1, 0.15) is 39.5 Å². The highest BCUT2D eigenvalue weighted by Crippen LogP contribution is 2.09. The zero-order valence-corrected chi connectivity index (χ0v) is 10.6. The first-order valence-corrected chi connectivity index (χ1v) is 6.18. The van der Waals surface area contributed by atoms with Crippen molar-refractivity contribution in [1.29, 1.82) is 0 Å². The molecule has 1 heterocycles. The number of nitrogens with two attached hydrogens (primary N) is 1. The van der Waals surface area contributed by atoms with E-state index in [2.05, 4.69) is 31.1 Å². The zero-order valence-electron chi connectivity index (χ0n) is 10.6. The number of hydrogen-bond donors (Lipinski definition) is 2. The Hall–Kier alpha value is -0.120. The van der Waals surface area contributed by atoms with Gasteiger partial charge in [-0.15, -0.1) is 0 Å². The van der Waals surface area contributed by atoms with Crippen LogP contribution >= 0.6 is 0 Å². The predicted octanol–water partition coefficient (Wildman–Crippen LogP) is 1.19. The average Bonchev–Trinajstić information content (AvgIpc) is 2.14. The number of nitrogens with zero attached hydrogens (tertiary/aromatic N) is 1. The van der Waals surface area contributed by atoms with Crippen molar-refractivity contribution in [3.8, 4) is 0 Å². The Bertz CT molecular complexity index is 166. The molecule has 3 nitrogen and oxygen atoms in total. The third-order valence-corrected chi connectivity index (χ3v) is 3.15. The molecule has 0 bridgehead atoms. The molecule has 1 saturated heterocycles. The normalized spacial score (nSPS) is 20.8. The van der Waals surface area contributed by atoms with Crippen molar-refractivity contribution in [2.45, 2.75) is 51.1 Å². The van der Waals surface area contributed by atoms with Crippen LogP contribution in [0.2, 0.25) is 0 Å². The van der Waals surface area contributed by atoms with Crippen LogP contribution in [0.3, 0.4) is 0 Å². The molecule has 3 heteroatoms. The second-order valence-electron chi connectivity index (χ2n) is 5.62. The fraction of sp³-hybridized carbons (Fsp3) is 1.00. The topological polar surface area (TPSA) is 41.3 Å². The Morgan fingerprint density at radius 1 is 1.33 bits per heavy atom. The molecule has 1 fully saturated rings. The van der Waals surface area contributed by atoms with E-state index in [1.807, 2.05) is 0 Å². The molecule has 0 aliphatic carbocycles. The second kappa shape index (κ2) is 5.83. The molecule has 1 aliphatic rings. The molecule has 0 aromatic carbocycles. The average molecular weight is 213 g/mol. The maximum atomic E-state index is 5.94. The molecule has 0 radical (unpaired) electrons.